The molecule has 2 atom stereocenters. The fourth-order valence-corrected chi connectivity index (χ4v) is 1.71. The third-order valence-electron chi connectivity index (χ3n) is 2.96. The van der Waals surface area contributed by atoms with Crippen molar-refractivity contribution in [2.45, 2.75) is 52.2 Å². The number of benzene rings is 1. The molecule has 1 aromatic carbocycles. The Morgan fingerprint density at radius 3 is 2.25 bits per heavy atom. The summed E-state index contributed by atoms with van der Waals surface area (Å²) in [6.07, 6.45) is -0.581. The lowest BCUT2D eigenvalue weighted by atomic mass is 9.84. The van der Waals surface area contributed by atoms with Crippen LogP contribution in [0.4, 0.5) is 0 Å². The van der Waals surface area contributed by atoms with Gasteiger partial charge in [0.2, 0.25) is 0 Å². The van der Waals surface area contributed by atoms with Crippen molar-refractivity contribution in [2.75, 3.05) is 0 Å². The van der Waals surface area contributed by atoms with Crippen LogP contribution in [0.3, 0.4) is 0 Å². The van der Waals surface area contributed by atoms with Gasteiger partial charge in [-0.2, -0.15) is 0 Å². The quantitative estimate of drug-likeness (QED) is 0.806. The van der Waals surface area contributed by atoms with Crippen molar-refractivity contribution >= 4 is 0 Å². The third kappa shape index (κ3) is 2.83. The molecule has 2 heteroatoms. The summed E-state index contributed by atoms with van der Waals surface area (Å²) in [5.41, 5.74) is 9.11. The number of hydrogen-bond donors (Lipinski definition) is 2. The molecule has 3 N–H and O–H groups in total. The Morgan fingerprint density at radius 1 is 1.25 bits per heavy atom. The molecule has 0 saturated carbocycles. The molecule has 0 fully saturated rings. The summed E-state index contributed by atoms with van der Waals surface area (Å²) < 4.78 is 0. The van der Waals surface area contributed by atoms with Gasteiger partial charge in [-0.3, -0.25) is 0 Å². The van der Waals surface area contributed by atoms with Gasteiger partial charge < -0.3 is 10.8 Å². The lowest BCUT2D eigenvalue weighted by Gasteiger charge is -2.23. The molecule has 0 bridgehead atoms. The van der Waals surface area contributed by atoms with Gasteiger partial charge in [-0.1, -0.05) is 39.0 Å². The lowest BCUT2D eigenvalue weighted by Crippen LogP contribution is -2.25. The van der Waals surface area contributed by atoms with Gasteiger partial charge in [-0.15, -0.1) is 0 Å². The summed E-state index contributed by atoms with van der Waals surface area (Å²) in [6.45, 7) is 10.3. The van der Waals surface area contributed by atoms with Gasteiger partial charge in [0, 0.05) is 6.04 Å². The highest BCUT2D eigenvalue weighted by atomic mass is 16.3. The summed E-state index contributed by atoms with van der Waals surface area (Å²) in [4.78, 5) is 0. The highest BCUT2D eigenvalue weighted by Gasteiger charge is 2.19. The second kappa shape index (κ2) is 4.56. The molecule has 0 spiro atoms. The van der Waals surface area contributed by atoms with E-state index in [1.165, 1.54) is 5.56 Å². The van der Waals surface area contributed by atoms with Gasteiger partial charge in [0.1, 0.15) is 0 Å². The average Bonchev–Trinajstić information content (AvgIpc) is 2.15. The number of nitrogens with two attached hydrogens (primary N) is 1. The van der Waals surface area contributed by atoms with E-state index in [0.29, 0.717) is 0 Å². The van der Waals surface area contributed by atoms with Crippen LogP contribution >= 0.6 is 0 Å². The summed E-state index contributed by atoms with van der Waals surface area (Å²) in [5, 5.41) is 10.0. The molecule has 0 aromatic heterocycles. The first-order chi connectivity index (χ1) is 7.23. The van der Waals surface area contributed by atoms with E-state index >= 15 is 0 Å². The maximum absolute atomic E-state index is 10.0. The van der Waals surface area contributed by atoms with Crippen LogP contribution in [0.1, 0.15) is 50.5 Å². The van der Waals surface area contributed by atoms with Crippen LogP contribution in [0.5, 0.6) is 0 Å². The van der Waals surface area contributed by atoms with Gasteiger partial charge >= 0.3 is 0 Å². The van der Waals surface area contributed by atoms with Crippen molar-refractivity contribution in [1.29, 1.82) is 0 Å². The normalized spacial score (nSPS) is 15.9. The van der Waals surface area contributed by atoms with E-state index < -0.39 is 6.10 Å². The third-order valence-corrected chi connectivity index (χ3v) is 2.96. The molecule has 0 aliphatic heterocycles. The average molecular weight is 221 g/mol. The van der Waals surface area contributed by atoms with Crippen LogP contribution in [-0.2, 0) is 5.41 Å². The molecule has 0 heterocycles. The van der Waals surface area contributed by atoms with E-state index in [1.807, 2.05) is 13.8 Å². The van der Waals surface area contributed by atoms with Crippen molar-refractivity contribution in [3.05, 3.63) is 34.9 Å². The van der Waals surface area contributed by atoms with Crippen molar-refractivity contribution in [3.8, 4) is 0 Å². The topological polar surface area (TPSA) is 46.2 Å². The van der Waals surface area contributed by atoms with E-state index in [0.717, 1.165) is 11.1 Å². The number of aliphatic hydroxyl groups is 1. The van der Waals surface area contributed by atoms with Crippen LogP contribution in [-0.4, -0.2) is 11.1 Å². The molecular formula is C14H23NO. The predicted molar refractivity (Wildman–Crippen MR) is 68.5 cm³/mol. The van der Waals surface area contributed by atoms with Crippen LogP contribution in [0.2, 0.25) is 0 Å². The van der Waals surface area contributed by atoms with Crippen molar-refractivity contribution in [3.63, 3.8) is 0 Å². The molecule has 1 aromatic rings. The molecular weight excluding hydrogens is 198 g/mol. The predicted octanol–water partition coefficient (Wildman–Crippen LogP) is 2.67. The van der Waals surface area contributed by atoms with E-state index in [4.69, 9.17) is 5.73 Å². The standard InChI is InChI=1S/C14H23NO/c1-9-6-7-11(14(3,4)5)8-12(9)13(16)10(2)15/h6-8,10,13,16H,15H2,1-5H3. The van der Waals surface area contributed by atoms with E-state index in [1.54, 1.807) is 0 Å². The molecule has 0 aliphatic rings. The zero-order valence-corrected chi connectivity index (χ0v) is 10.9. The van der Waals surface area contributed by atoms with Gasteiger partial charge in [-0.25, -0.2) is 0 Å². The minimum atomic E-state index is -0.581. The second-order valence-corrected chi connectivity index (χ2v) is 5.63. The van der Waals surface area contributed by atoms with Crippen LogP contribution in [0.15, 0.2) is 18.2 Å². The van der Waals surface area contributed by atoms with Crippen molar-refractivity contribution < 1.29 is 5.11 Å². The second-order valence-electron chi connectivity index (χ2n) is 5.63. The maximum atomic E-state index is 10.0. The summed E-state index contributed by atoms with van der Waals surface area (Å²) >= 11 is 0. The lowest BCUT2D eigenvalue weighted by molar-refractivity contribution is 0.152. The van der Waals surface area contributed by atoms with E-state index in [9.17, 15) is 5.11 Å². The molecule has 0 saturated heterocycles. The molecule has 2 nitrogen and oxygen atoms in total. The van der Waals surface area contributed by atoms with Crippen LogP contribution < -0.4 is 5.73 Å². The largest absolute Gasteiger partial charge is 0.387 e. The summed E-state index contributed by atoms with van der Waals surface area (Å²) in [6, 6.07) is 6.01. The van der Waals surface area contributed by atoms with Crippen LogP contribution in [0.25, 0.3) is 0 Å². The summed E-state index contributed by atoms with van der Waals surface area (Å²) in [5.74, 6) is 0. The smallest absolute Gasteiger partial charge is 0.0940 e. The van der Waals surface area contributed by atoms with Crippen molar-refractivity contribution in [2.24, 2.45) is 5.73 Å². The van der Waals surface area contributed by atoms with Gasteiger partial charge in [0.25, 0.3) is 0 Å². The minimum Gasteiger partial charge on any atom is -0.387 e. The van der Waals surface area contributed by atoms with Gasteiger partial charge in [0.15, 0.2) is 0 Å². The Kier molecular flexibility index (Phi) is 3.76. The molecule has 90 valence electrons. The molecule has 2 unspecified atom stereocenters. The minimum absolute atomic E-state index is 0.0972. The first-order valence-corrected chi connectivity index (χ1v) is 5.78. The van der Waals surface area contributed by atoms with Gasteiger partial charge in [0.05, 0.1) is 6.10 Å². The fourth-order valence-electron chi connectivity index (χ4n) is 1.71. The fraction of sp³-hybridized carbons (Fsp3) is 0.571. The SMILES string of the molecule is Cc1ccc(C(C)(C)C)cc1C(O)C(C)N. The Hall–Kier alpha value is -0.860. The monoisotopic (exact) mass is 221 g/mol. The number of aryl methyl sites for hydroxylation is 1. The summed E-state index contributed by atoms with van der Waals surface area (Å²) in [7, 11) is 0. The Balaban J connectivity index is 3.19. The molecule has 0 radical (unpaired) electrons. The van der Waals surface area contributed by atoms with E-state index in [2.05, 4.69) is 39.0 Å². The molecule has 0 amide bonds. The van der Waals surface area contributed by atoms with E-state index in [-0.39, 0.29) is 11.5 Å². The highest BCUT2D eigenvalue weighted by Crippen LogP contribution is 2.28. The molecule has 1 rings (SSSR count). The molecule has 16 heavy (non-hydrogen) atoms. The van der Waals surface area contributed by atoms with Crippen LogP contribution in [0, 0.1) is 6.92 Å². The van der Waals surface area contributed by atoms with Gasteiger partial charge in [-0.05, 0) is 36.0 Å². The first kappa shape index (κ1) is 13.2. The number of rotatable bonds is 2. The zero-order chi connectivity index (χ0) is 12.5. The molecule has 0 aliphatic carbocycles. The highest BCUT2D eigenvalue weighted by molar-refractivity contribution is 5.36. The Labute approximate surface area is 98.5 Å². The Morgan fingerprint density at radius 2 is 1.81 bits per heavy atom. The van der Waals surface area contributed by atoms with Crippen molar-refractivity contribution in [1.82, 2.24) is 0 Å². The maximum Gasteiger partial charge on any atom is 0.0940 e. The number of aliphatic hydroxyl groups excluding tert-OH is 1. The number of hydrogen-bond acceptors (Lipinski definition) is 2. The first-order valence-electron chi connectivity index (χ1n) is 5.78. The Bertz CT molecular complexity index is 363. The zero-order valence-electron chi connectivity index (χ0n) is 10.9.